The standard InChI is InChI=1S/C19H24N2O2/c1-14-13-16(7-10-18(14)21(2)3)19(22)20-12-11-15-5-8-17(23-4)9-6-15/h5-10,13H,11-12H2,1-4H3,(H,20,22). The second-order valence-electron chi connectivity index (χ2n) is 5.75. The van der Waals surface area contributed by atoms with Gasteiger partial charge in [-0.25, -0.2) is 0 Å². The molecule has 0 heterocycles. The predicted octanol–water partition coefficient (Wildman–Crippen LogP) is 3.04. The SMILES string of the molecule is COc1ccc(CCNC(=O)c2ccc(N(C)C)c(C)c2)cc1. The third-order valence-corrected chi connectivity index (χ3v) is 3.80. The molecule has 0 atom stereocenters. The molecular formula is C19H24N2O2. The van der Waals surface area contributed by atoms with Crippen LogP contribution in [0, 0.1) is 6.92 Å². The van der Waals surface area contributed by atoms with Crippen LogP contribution in [0.1, 0.15) is 21.5 Å². The average molecular weight is 312 g/mol. The van der Waals surface area contributed by atoms with Crippen LogP contribution in [-0.2, 0) is 6.42 Å². The zero-order valence-electron chi connectivity index (χ0n) is 14.2. The quantitative estimate of drug-likeness (QED) is 0.891. The molecule has 0 radical (unpaired) electrons. The Morgan fingerprint density at radius 1 is 1.13 bits per heavy atom. The number of ether oxygens (including phenoxy) is 1. The highest BCUT2D eigenvalue weighted by atomic mass is 16.5. The summed E-state index contributed by atoms with van der Waals surface area (Å²) in [6, 6.07) is 13.7. The van der Waals surface area contributed by atoms with Crippen molar-refractivity contribution in [1.82, 2.24) is 5.32 Å². The normalized spacial score (nSPS) is 10.3. The van der Waals surface area contributed by atoms with Crippen molar-refractivity contribution in [3.8, 4) is 5.75 Å². The summed E-state index contributed by atoms with van der Waals surface area (Å²) in [4.78, 5) is 14.3. The molecule has 0 bridgehead atoms. The molecule has 0 aliphatic heterocycles. The second kappa shape index (κ2) is 7.68. The van der Waals surface area contributed by atoms with Gasteiger partial charge in [-0.15, -0.1) is 0 Å². The largest absolute Gasteiger partial charge is 0.497 e. The Balaban J connectivity index is 1.90. The summed E-state index contributed by atoms with van der Waals surface area (Å²) in [6.07, 6.45) is 0.796. The van der Waals surface area contributed by atoms with E-state index >= 15 is 0 Å². The van der Waals surface area contributed by atoms with Gasteiger partial charge in [0.25, 0.3) is 5.91 Å². The van der Waals surface area contributed by atoms with Crippen LogP contribution in [0.5, 0.6) is 5.75 Å². The lowest BCUT2D eigenvalue weighted by atomic mass is 10.1. The molecular weight excluding hydrogens is 288 g/mol. The second-order valence-corrected chi connectivity index (χ2v) is 5.75. The van der Waals surface area contributed by atoms with Gasteiger partial charge in [0.1, 0.15) is 5.75 Å². The van der Waals surface area contributed by atoms with Gasteiger partial charge in [-0.3, -0.25) is 4.79 Å². The van der Waals surface area contributed by atoms with E-state index < -0.39 is 0 Å². The van der Waals surface area contributed by atoms with Crippen molar-refractivity contribution in [3.63, 3.8) is 0 Å². The average Bonchev–Trinajstić information content (AvgIpc) is 2.55. The van der Waals surface area contributed by atoms with Crippen molar-refractivity contribution in [2.75, 3.05) is 32.6 Å². The van der Waals surface area contributed by atoms with Crippen LogP contribution in [0.2, 0.25) is 0 Å². The van der Waals surface area contributed by atoms with Crippen molar-refractivity contribution in [3.05, 3.63) is 59.2 Å². The lowest BCUT2D eigenvalue weighted by Gasteiger charge is -2.16. The molecule has 1 amide bonds. The number of methoxy groups -OCH3 is 1. The Labute approximate surface area is 138 Å². The van der Waals surface area contributed by atoms with Crippen molar-refractivity contribution in [2.45, 2.75) is 13.3 Å². The highest BCUT2D eigenvalue weighted by molar-refractivity contribution is 5.94. The third kappa shape index (κ3) is 4.49. The smallest absolute Gasteiger partial charge is 0.251 e. The van der Waals surface area contributed by atoms with Crippen LogP contribution in [0.3, 0.4) is 0 Å². The van der Waals surface area contributed by atoms with E-state index in [0.29, 0.717) is 12.1 Å². The van der Waals surface area contributed by atoms with E-state index in [-0.39, 0.29) is 5.91 Å². The summed E-state index contributed by atoms with van der Waals surface area (Å²) in [5.41, 5.74) is 4.09. The molecule has 0 spiro atoms. The molecule has 0 aliphatic carbocycles. The number of rotatable bonds is 6. The van der Waals surface area contributed by atoms with E-state index in [4.69, 9.17) is 4.74 Å². The van der Waals surface area contributed by atoms with E-state index in [1.165, 1.54) is 5.56 Å². The van der Waals surface area contributed by atoms with Crippen LogP contribution in [0.4, 0.5) is 5.69 Å². The van der Waals surface area contributed by atoms with E-state index in [0.717, 1.165) is 23.4 Å². The van der Waals surface area contributed by atoms with E-state index in [9.17, 15) is 4.79 Å². The van der Waals surface area contributed by atoms with Crippen molar-refractivity contribution in [1.29, 1.82) is 0 Å². The zero-order valence-corrected chi connectivity index (χ0v) is 14.2. The lowest BCUT2D eigenvalue weighted by molar-refractivity contribution is 0.0954. The first-order valence-corrected chi connectivity index (χ1v) is 7.70. The molecule has 4 heteroatoms. The fourth-order valence-electron chi connectivity index (χ4n) is 2.51. The summed E-state index contributed by atoms with van der Waals surface area (Å²) < 4.78 is 5.13. The number of aryl methyl sites for hydroxylation is 1. The molecule has 2 aromatic rings. The Morgan fingerprint density at radius 3 is 2.39 bits per heavy atom. The summed E-state index contributed by atoms with van der Waals surface area (Å²) in [5, 5.41) is 2.97. The third-order valence-electron chi connectivity index (χ3n) is 3.80. The first kappa shape index (κ1) is 16.9. The molecule has 1 N–H and O–H groups in total. The molecule has 4 nitrogen and oxygen atoms in total. The molecule has 0 aliphatic rings. The minimum absolute atomic E-state index is 0.0353. The zero-order chi connectivity index (χ0) is 16.8. The fourth-order valence-corrected chi connectivity index (χ4v) is 2.51. The van der Waals surface area contributed by atoms with Gasteiger partial charge in [-0.2, -0.15) is 0 Å². The van der Waals surface area contributed by atoms with Gasteiger partial charge in [0.2, 0.25) is 0 Å². The minimum atomic E-state index is -0.0353. The number of amides is 1. The summed E-state index contributed by atoms with van der Waals surface area (Å²) in [6.45, 7) is 2.63. The maximum atomic E-state index is 12.2. The first-order valence-electron chi connectivity index (χ1n) is 7.70. The molecule has 2 rings (SSSR count). The number of hydrogen-bond donors (Lipinski definition) is 1. The van der Waals surface area contributed by atoms with Gasteiger partial charge >= 0.3 is 0 Å². The highest BCUT2D eigenvalue weighted by Crippen LogP contribution is 2.19. The molecule has 0 aromatic heterocycles. The van der Waals surface area contributed by atoms with Crippen LogP contribution in [-0.4, -0.2) is 33.7 Å². The number of hydrogen-bond acceptors (Lipinski definition) is 3. The van der Waals surface area contributed by atoms with Gasteiger partial charge < -0.3 is 15.0 Å². The molecule has 23 heavy (non-hydrogen) atoms. The monoisotopic (exact) mass is 312 g/mol. The lowest BCUT2D eigenvalue weighted by Crippen LogP contribution is -2.26. The highest BCUT2D eigenvalue weighted by Gasteiger charge is 2.08. The Hall–Kier alpha value is -2.49. The maximum Gasteiger partial charge on any atom is 0.251 e. The first-order chi connectivity index (χ1) is 11.0. The number of carbonyl (C=O) groups excluding carboxylic acids is 1. The fraction of sp³-hybridized carbons (Fsp3) is 0.316. The molecule has 0 saturated carbocycles. The minimum Gasteiger partial charge on any atom is -0.497 e. The van der Waals surface area contributed by atoms with Crippen molar-refractivity contribution in [2.24, 2.45) is 0 Å². The number of benzene rings is 2. The predicted molar refractivity (Wildman–Crippen MR) is 94.5 cm³/mol. The maximum absolute atomic E-state index is 12.2. The molecule has 2 aromatic carbocycles. The van der Waals surface area contributed by atoms with E-state index in [1.54, 1.807) is 7.11 Å². The van der Waals surface area contributed by atoms with Gasteiger partial charge in [0.15, 0.2) is 0 Å². The van der Waals surface area contributed by atoms with E-state index in [1.807, 2.05) is 68.4 Å². The molecule has 0 fully saturated rings. The summed E-state index contributed by atoms with van der Waals surface area (Å²) in [7, 11) is 5.65. The van der Waals surface area contributed by atoms with E-state index in [2.05, 4.69) is 5.32 Å². The molecule has 0 saturated heterocycles. The van der Waals surface area contributed by atoms with Crippen LogP contribution in [0.15, 0.2) is 42.5 Å². The van der Waals surface area contributed by atoms with Crippen LogP contribution in [0.25, 0.3) is 0 Å². The summed E-state index contributed by atoms with van der Waals surface area (Å²) >= 11 is 0. The van der Waals surface area contributed by atoms with Crippen molar-refractivity contribution < 1.29 is 9.53 Å². The Bertz CT molecular complexity index is 664. The van der Waals surface area contributed by atoms with Gasteiger partial charge in [-0.05, 0) is 54.8 Å². The van der Waals surface area contributed by atoms with Crippen LogP contribution >= 0.6 is 0 Å². The topological polar surface area (TPSA) is 41.6 Å². The number of nitrogens with zero attached hydrogens (tertiary/aromatic N) is 1. The Kier molecular flexibility index (Phi) is 5.63. The molecule has 0 unspecified atom stereocenters. The van der Waals surface area contributed by atoms with Gasteiger partial charge in [0.05, 0.1) is 7.11 Å². The van der Waals surface area contributed by atoms with Crippen molar-refractivity contribution >= 4 is 11.6 Å². The van der Waals surface area contributed by atoms with Gasteiger partial charge in [-0.1, -0.05) is 12.1 Å². The number of carbonyl (C=O) groups is 1. The number of nitrogens with one attached hydrogen (secondary N) is 1. The summed E-state index contributed by atoms with van der Waals surface area (Å²) in [5.74, 6) is 0.807. The molecule has 122 valence electrons. The number of anilines is 1. The Morgan fingerprint density at radius 2 is 1.83 bits per heavy atom. The van der Waals surface area contributed by atoms with Crippen LogP contribution < -0.4 is 15.0 Å². The van der Waals surface area contributed by atoms with Gasteiger partial charge in [0, 0.05) is 31.9 Å².